The first kappa shape index (κ1) is 32.8. The Morgan fingerprint density at radius 3 is 2.64 bits per heavy atom. The van der Waals surface area contributed by atoms with E-state index in [1.54, 1.807) is 36.1 Å². The van der Waals surface area contributed by atoms with Crippen LogP contribution in [0.5, 0.6) is 5.88 Å². The van der Waals surface area contributed by atoms with Gasteiger partial charge in [-0.25, -0.2) is 0 Å². The van der Waals surface area contributed by atoms with Crippen molar-refractivity contribution in [2.45, 2.75) is 57.3 Å². The van der Waals surface area contributed by atoms with E-state index in [0.717, 1.165) is 12.8 Å². The minimum Gasteiger partial charge on any atom is -0.465 e. The second-order valence-electron chi connectivity index (χ2n) is 12.3. The van der Waals surface area contributed by atoms with Crippen molar-refractivity contribution in [3.63, 3.8) is 0 Å². The Bertz CT molecular complexity index is 1650. The number of nitrogens with zero attached hydrogens (tertiary/aromatic N) is 4. The van der Waals surface area contributed by atoms with Crippen LogP contribution in [0, 0.1) is 5.41 Å². The number of nitrogens with one attached hydrogen (secondary N) is 1. The van der Waals surface area contributed by atoms with Crippen molar-refractivity contribution in [1.82, 2.24) is 15.3 Å². The van der Waals surface area contributed by atoms with Gasteiger partial charge in [0.05, 0.1) is 6.61 Å². The molecule has 4 heterocycles. The monoisotopic (exact) mass is 672 g/mol. The predicted octanol–water partition coefficient (Wildman–Crippen LogP) is 5.70. The molecule has 2 atom stereocenters. The average molecular weight is 673 g/mol. The maximum atomic E-state index is 14.8. The number of piperidine rings is 1. The Kier molecular flexibility index (Phi) is 9.21. The quantitative estimate of drug-likeness (QED) is 0.290. The number of esters is 1. The molecule has 3 saturated heterocycles. The number of rotatable bonds is 8. The topological polar surface area (TPSA) is 123 Å². The highest BCUT2D eigenvalue weighted by Crippen LogP contribution is 2.44. The molecule has 3 aliphatic rings. The van der Waals surface area contributed by atoms with Crippen LogP contribution in [0.1, 0.15) is 50.7 Å². The fraction of sp³-hybridized carbons (Fsp3) is 0.455. The van der Waals surface area contributed by atoms with Crippen LogP contribution < -0.4 is 25.6 Å². The van der Waals surface area contributed by atoms with Crippen LogP contribution >= 0.6 is 11.6 Å². The van der Waals surface area contributed by atoms with Gasteiger partial charge in [0.2, 0.25) is 23.8 Å². The maximum absolute atomic E-state index is 14.8. The van der Waals surface area contributed by atoms with Crippen molar-refractivity contribution < 1.29 is 32.2 Å². The molecule has 14 heteroatoms. The smallest absolute Gasteiger partial charge is 0.429 e. The zero-order valence-corrected chi connectivity index (χ0v) is 26.6. The molecule has 47 heavy (non-hydrogen) atoms. The van der Waals surface area contributed by atoms with E-state index in [1.165, 1.54) is 24.3 Å². The van der Waals surface area contributed by atoms with Crippen molar-refractivity contribution in [1.29, 1.82) is 0 Å². The number of halogens is 4. The van der Waals surface area contributed by atoms with Crippen molar-refractivity contribution in [2.75, 3.05) is 48.3 Å². The van der Waals surface area contributed by atoms with Gasteiger partial charge in [0.25, 0.3) is 0 Å². The number of nitrogens with two attached hydrogens (primary N) is 1. The Balaban J connectivity index is 1.24. The summed E-state index contributed by atoms with van der Waals surface area (Å²) >= 11 is 6.29. The molecule has 6 rings (SSSR count). The SMILES string of the molecule is CCOC(=O)[C@@H]1CC2(CCN(c3cc(O[C@H](c4ccc(Cl)cc4-c4cccc(N5CCCC5=O)c4)C(F)(F)F)nc(N)n3)CC2)CN1. The summed E-state index contributed by atoms with van der Waals surface area (Å²) in [5, 5.41) is 3.52. The van der Waals surface area contributed by atoms with E-state index in [2.05, 4.69) is 15.3 Å². The first-order valence-electron chi connectivity index (χ1n) is 15.7. The first-order valence-corrected chi connectivity index (χ1v) is 16.1. The van der Waals surface area contributed by atoms with Gasteiger partial charge in [0, 0.05) is 54.9 Å². The van der Waals surface area contributed by atoms with Crippen molar-refractivity contribution in [2.24, 2.45) is 5.41 Å². The first-order chi connectivity index (χ1) is 22.4. The fourth-order valence-corrected chi connectivity index (χ4v) is 6.94. The van der Waals surface area contributed by atoms with Gasteiger partial charge in [-0.15, -0.1) is 0 Å². The number of hydrogen-bond acceptors (Lipinski definition) is 9. The van der Waals surface area contributed by atoms with Crippen LogP contribution in [0.25, 0.3) is 11.1 Å². The summed E-state index contributed by atoms with van der Waals surface area (Å²) in [6, 6.07) is 12.0. The predicted molar refractivity (Wildman–Crippen MR) is 171 cm³/mol. The molecule has 0 radical (unpaired) electrons. The number of nitrogen functional groups attached to an aromatic ring is 1. The summed E-state index contributed by atoms with van der Waals surface area (Å²) in [6.07, 6.45) is -3.96. The molecule has 0 unspecified atom stereocenters. The van der Waals surface area contributed by atoms with Crippen LogP contribution in [0.4, 0.5) is 30.6 Å². The summed E-state index contributed by atoms with van der Waals surface area (Å²) in [5.41, 5.74) is 7.00. The molecule has 1 aromatic heterocycles. The van der Waals surface area contributed by atoms with Crippen LogP contribution in [0.15, 0.2) is 48.5 Å². The lowest BCUT2D eigenvalue weighted by Crippen LogP contribution is -2.41. The Labute approximate surface area is 275 Å². The third-order valence-corrected chi connectivity index (χ3v) is 9.40. The molecule has 0 bridgehead atoms. The van der Waals surface area contributed by atoms with Crippen LogP contribution in [0.3, 0.4) is 0 Å². The normalized spacial score (nSPS) is 20.1. The van der Waals surface area contributed by atoms with Crippen molar-refractivity contribution in [3.8, 4) is 17.0 Å². The Hall–Kier alpha value is -4.10. The number of amides is 1. The number of aromatic nitrogens is 2. The summed E-state index contributed by atoms with van der Waals surface area (Å²) in [6.45, 7) is 4.44. The summed E-state index contributed by atoms with van der Waals surface area (Å²) in [5.74, 6) is -0.475. The third-order valence-electron chi connectivity index (χ3n) is 9.16. The molecule has 3 aromatic rings. The van der Waals surface area contributed by atoms with Gasteiger partial charge >= 0.3 is 12.1 Å². The van der Waals surface area contributed by atoms with E-state index >= 15 is 0 Å². The molecular weight excluding hydrogens is 637 g/mol. The summed E-state index contributed by atoms with van der Waals surface area (Å²) in [7, 11) is 0. The van der Waals surface area contributed by atoms with Gasteiger partial charge in [-0.2, -0.15) is 23.1 Å². The van der Waals surface area contributed by atoms with E-state index in [0.29, 0.717) is 69.1 Å². The Morgan fingerprint density at radius 2 is 1.94 bits per heavy atom. The number of benzene rings is 2. The largest absolute Gasteiger partial charge is 0.465 e. The lowest BCUT2D eigenvalue weighted by molar-refractivity contribution is -0.198. The highest BCUT2D eigenvalue weighted by Gasteiger charge is 2.46. The molecule has 1 amide bonds. The second kappa shape index (κ2) is 13.2. The zero-order chi connectivity index (χ0) is 33.3. The molecule has 10 nitrogen and oxygen atoms in total. The lowest BCUT2D eigenvalue weighted by Gasteiger charge is -2.39. The lowest BCUT2D eigenvalue weighted by atomic mass is 9.76. The minimum absolute atomic E-state index is 0.0354. The van der Waals surface area contributed by atoms with Crippen molar-refractivity contribution in [3.05, 3.63) is 59.1 Å². The highest BCUT2D eigenvalue weighted by molar-refractivity contribution is 6.30. The highest BCUT2D eigenvalue weighted by atomic mass is 35.5. The van der Waals surface area contributed by atoms with Gasteiger partial charge in [0.15, 0.2) is 0 Å². The number of alkyl halides is 3. The molecule has 0 saturated carbocycles. The van der Waals surface area contributed by atoms with E-state index in [1.807, 2.05) is 4.90 Å². The molecule has 1 spiro atoms. The zero-order valence-electron chi connectivity index (χ0n) is 25.9. The number of ether oxygens (including phenoxy) is 2. The van der Waals surface area contributed by atoms with Gasteiger partial charge in [0.1, 0.15) is 11.9 Å². The van der Waals surface area contributed by atoms with Crippen LogP contribution in [0.2, 0.25) is 5.02 Å². The molecule has 250 valence electrons. The van der Waals surface area contributed by atoms with Gasteiger partial charge in [-0.3, -0.25) is 9.59 Å². The average Bonchev–Trinajstić information content (AvgIpc) is 3.66. The fourth-order valence-electron chi connectivity index (χ4n) is 6.77. The third kappa shape index (κ3) is 7.10. The van der Waals surface area contributed by atoms with E-state index in [4.69, 9.17) is 26.8 Å². The number of carbonyl (C=O) groups excluding carboxylic acids is 2. The van der Waals surface area contributed by atoms with E-state index in [9.17, 15) is 22.8 Å². The summed E-state index contributed by atoms with van der Waals surface area (Å²) in [4.78, 5) is 36.5. The van der Waals surface area contributed by atoms with Crippen molar-refractivity contribution >= 4 is 40.9 Å². The van der Waals surface area contributed by atoms with E-state index in [-0.39, 0.29) is 51.3 Å². The Morgan fingerprint density at radius 1 is 1.15 bits per heavy atom. The van der Waals surface area contributed by atoms with Crippen LogP contribution in [-0.4, -0.2) is 66.8 Å². The molecule has 3 fully saturated rings. The standard InChI is InChI=1S/C33H36ClF3N6O4/c1-2-46-30(45)25-18-32(19-39-25)10-13-42(14-11-32)26-17-27(41-31(38)40-26)47-29(33(35,36)37)23-9-8-21(34)16-24(23)20-5-3-6-22(15-20)43-12-4-7-28(43)44/h3,5-6,8-9,15-17,25,29,39H,2,4,7,10-14,18-19H2,1H3,(H2,38,40,41)/t25-,29+/m0/s1. The second-order valence-corrected chi connectivity index (χ2v) is 12.7. The molecule has 3 aliphatic heterocycles. The summed E-state index contributed by atoms with van der Waals surface area (Å²) < 4.78 is 55.2. The number of hydrogen-bond donors (Lipinski definition) is 2. The van der Waals surface area contributed by atoms with Gasteiger partial charge < -0.3 is 30.3 Å². The maximum Gasteiger partial charge on any atom is 0.429 e. The number of carbonyl (C=O) groups is 2. The van der Waals surface area contributed by atoms with Gasteiger partial charge in [-0.05, 0) is 73.4 Å². The van der Waals surface area contributed by atoms with Crippen LogP contribution in [-0.2, 0) is 14.3 Å². The number of anilines is 3. The minimum atomic E-state index is -4.84. The molecular formula is C33H36ClF3N6O4. The van der Waals surface area contributed by atoms with E-state index < -0.39 is 12.3 Å². The molecule has 0 aliphatic carbocycles. The molecule has 2 aromatic carbocycles. The molecule has 3 N–H and O–H groups in total. The van der Waals surface area contributed by atoms with Gasteiger partial charge in [-0.1, -0.05) is 29.8 Å².